The molecule has 1 atom stereocenters. The zero-order chi connectivity index (χ0) is 28.2. The highest BCUT2D eigenvalue weighted by molar-refractivity contribution is 7.89. The van der Waals surface area contributed by atoms with E-state index in [4.69, 9.17) is 5.11 Å². The number of β-amino-alcohol motifs (C(OH)–C–C–N with tert-alkyl or cyclic N) is 1. The van der Waals surface area contributed by atoms with E-state index in [2.05, 4.69) is 43.4 Å². The second-order valence-electron chi connectivity index (χ2n) is 11.2. The van der Waals surface area contributed by atoms with E-state index < -0.39 is 22.1 Å². The van der Waals surface area contributed by atoms with Crippen LogP contribution in [0.5, 0.6) is 0 Å². The number of rotatable bonds is 12. The average molecular weight is 551 g/mol. The van der Waals surface area contributed by atoms with Crippen molar-refractivity contribution in [3.63, 3.8) is 0 Å². The lowest BCUT2D eigenvalue weighted by Crippen LogP contribution is -2.47. The molecular weight excluding hydrogens is 512 g/mol. The molecule has 8 heteroatoms. The SMILES string of the molecule is CN(CC(O)CNC(C)(C)CC1Cc2ccccc2C1)S(=O)(=O)c1cccc(-c2ccc(CC(=O)O)cc2)c1. The number of nitrogens with zero attached hydrogens (tertiary/aromatic N) is 1. The second-order valence-corrected chi connectivity index (χ2v) is 13.3. The van der Waals surface area contributed by atoms with Crippen molar-refractivity contribution in [3.05, 3.63) is 89.5 Å². The molecule has 0 radical (unpaired) electrons. The van der Waals surface area contributed by atoms with Gasteiger partial charge in [0.05, 0.1) is 17.4 Å². The summed E-state index contributed by atoms with van der Waals surface area (Å²) in [6, 6.07) is 22.2. The fourth-order valence-electron chi connectivity index (χ4n) is 5.45. The van der Waals surface area contributed by atoms with E-state index in [0.717, 1.165) is 24.8 Å². The fraction of sp³-hybridized carbons (Fsp3) is 0.387. The van der Waals surface area contributed by atoms with Crippen LogP contribution in [-0.2, 0) is 34.1 Å². The number of carboxylic acids is 1. The standard InChI is InChI=1S/C31H38N2O5S/c1-31(2,19-23-15-25-7-4-5-8-26(25)16-23)32-20-28(34)21-33(3)39(37,38)29-10-6-9-27(18-29)24-13-11-22(12-14-24)17-30(35)36/h4-14,18,23,28,32,34H,15-17,19-21H2,1-3H3,(H,35,36). The average Bonchev–Trinajstić information content (AvgIpc) is 3.29. The summed E-state index contributed by atoms with van der Waals surface area (Å²) in [7, 11) is -2.34. The van der Waals surface area contributed by atoms with Crippen molar-refractivity contribution < 1.29 is 23.4 Å². The number of nitrogens with one attached hydrogen (secondary N) is 1. The Balaban J connectivity index is 1.33. The van der Waals surface area contributed by atoms with Crippen LogP contribution in [0.3, 0.4) is 0 Å². The summed E-state index contributed by atoms with van der Waals surface area (Å²) in [6.45, 7) is 4.51. The van der Waals surface area contributed by atoms with Crippen LogP contribution in [-0.4, -0.2) is 60.7 Å². The number of aliphatic hydroxyl groups is 1. The summed E-state index contributed by atoms with van der Waals surface area (Å²) >= 11 is 0. The number of carboxylic acid groups (broad SMARTS) is 1. The summed E-state index contributed by atoms with van der Waals surface area (Å²) in [5, 5.41) is 23.1. The zero-order valence-corrected chi connectivity index (χ0v) is 23.6. The molecule has 3 aromatic carbocycles. The number of hydrogen-bond donors (Lipinski definition) is 3. The first-order valence-corrected chi connectivity index (χ1v) is 14.7. The molecule has 1 unspecified atom stereocenters. The quantitative estimate of drug-likeness (QED) is 0.313. The Morgan fingerprint density at radius 2 is 1.64 bits per heavy atom. The molecule has 7 nitrogen and oxygen atoms in total. The Kier molecular flexibility index (Phi) is 8.91. The van der Waals surface area contributed by atoms with Gasteiger partial charge in [-0.15, -0.1) is 0 Å². The number of fused-ring (bicyclic) bond motifs is 1. The molecule has 39 heavy (non-hydrogen) atoms. The summed E-state index contributed by atoms with van der Waals surface area (Å²) < 4.78 is 27.8. The predicted octanol–water partition coefficient (Wildman–Crippen LogP) is 4.14. The van der Waals surface area contributed by atoms with E-state index in [1.54, 1.807) is 42.5 Å². The van der Waals surface area contributed by atoms with Crippen LogP contribution in [0.2, 0.25) is 0 Å². The van der Waals surface area contributed by atoms with Crippen molar-refractivity contribution in [3.8, 4) is 11.1 Å². The van der Waals surface area contributed by atoms with Gasteiger partial charge in [-0.25, -0.2) is 8.42 Å². The summed E-state index contributed by atoms with van der Waals surface area (Å²) in [6.07, 6.45) is 2.16. The first-order chi connectivity index (χ1) is 18.4. The van der Waals surface area contributed by atoms with Crippen LogP contribution >= 0.6 is 0 Å². The molecular formula is C31H38N2O5S. The molecule has 0 amide bonds. The van der Waals surface area contributed by atoms with Gasteiger partial charge in [-0.3, -0.25) is 4.79 Å². The number of hydrogen-bond acceptors (Lipinski definition) is 5. The third-order valence-electron chi connectivity index (χ3n) is 7.40. The van der Waals surface area contributed by atoms with Gasteiger partial charge in [0.1, 0.15) is 0 Å². The molecule has 0 saturated carbocycles. The lowest BCUT2D eigenvalue weighted by molar-refractivity contribution is -0.136. The molecule has 1 aliphatic rings. The normalized spacial score (nSPS) is 14.9. The highest BCUT2D eigenvalue weighted by atomic mass is 32.2. The van der Waals surface area contributed by atoms with Gasteiger partial charge in [-0.2, -0.15) is 4.31 Å². The van der Waals surface area contributed by atoms with Gasteiger partial charge in [-0.05, 0) is 79.0 Å². The van der Waals surface area contributed by atoms with E-state index >= 15 is 0 Å². The van der Waals surface area contributed by atoms with Crippen LogP contribution < -0.4 is 5.32 Å². The molecule has 3 N–H and O–H groups in total. The number of carbonyl (C=O) groups is 1. The molecule has 0 fully saturated rings. The Bertz CT molecular complexity index is 1380. The van der Waals surface area contributed by atoms with E-state index in [1.165, 1.54) is 22.5 Å². The Morgan fingerprint density at radius 1 is 1.00 bits per heavy atom. The Hall–Kier alpha value is -3.04. The molecule has 0 aromatic heterocycles. The molecule has 3 aromatic rings. The van der Waals surface area contributed by atoms with Gasteiger partial charge in [0.25, 0.3) is 0 Å². The van der Waals surface area contributed by atoms with Crippen molar-refractivity contribution in [1.82, 2.24) is 9.62 Å². The minimum Gasteiger partial charge on any atom is -0.481 e. The van der Waals surface area contributed by atoms with Gasteiger partial charge in [-0.1, -0.05) is 60.7 Å². The van der Waals surface area contributed by atoms with Gasteiger partial charge >= 0.3 is 5.97 Å². The van der Waals surface area contributed by atoms with E-state index in [-0.39, 0.29) is 29.9 Å². The maximum atomic E-state index is 13.3. The third-order valence-corrected chi connectivity index (χ3v) is 9.22. The molecule has 208 valence electrons. The Labute approximate surface area is 231 Å². The summed E-state index contributed by atoms with van der Waals surface area (Å²) in [4.78, 5) is 11.1. The van der Waals surface area contributed by atoms with Crippen LogP contribution in [0.1, 0.15) is 37.0 Å². The molecule has 0 bridgehead atoms. The number of benzene rings is 3. The topological polar surface area (TPSA) is 107 Å². The monoisotopic (exact) mass is 550 g/mol. The summed E-state index contributed by atoms with van der Waals surface area (Å²) in [5.74, 6) is -0.356. The number of likely N-dealkylation sites (N-methyl/N-ethyl adjacent to an activating group) is 1. The van der Waals surface area contributed by atoms with E-state index in [1.807, 2.05) is 6.07 Å². The lowest BCUT2D eigenvalue weighted by atomic mass is 9.88. The van der Waals surface area contributed by atoms with Crippen LogP contribution in [0.4, 0.5) is 0 Å². The van der Waals surface area contributed by atoms with Crippen molar-refractivity contribution in [1.29, 1.82) is 0 Å². The van der Waals surface area contributed by atoms with Crippen LogP contribution in [0.15, 0.2) is 77.7 Å². The van der Waals surface area contributed by atoms with Crippen LogP contribution in [0, 0.1) is 5.92 Å². The predicted molar refractivity (Wildman–Crippen MR) is 153 cm³/mol. The molecule has 0 aliphatic heterocycles. The molecule has 0 saturated heterocycles. The van der Waals surface area contributed by atoms with Gasteiger partial charge < -0.3 is 15.5 Å². The third kappa shape index (κ3) is 7.54. The van der Waals surface area contributed by atoms with Crippen molar-refractivity contribution >= 4 is 16.0 Å². The molecule has 4 rings (SSSR count). The van der Waals surface area contributed by atoms with Gasteiger partial charge in [0.15, 0.2) is 0 Å². The minimum atomic E-state index is -3.82. The molecule has 0 heterocycles. The number of aliphatic hydroxyl groups excluding tert-OH is 1. The second kappa shape index (κ2) is 12.0. The maximum absolute atomic E-state index is 13.3. The Morgan fingerprint density at radius 3 is 2.26 bits per heavy atom. The van der Waals surface area contributed by atoms with Crippen molar-refractivity contribution in [2.24, 2.45) is 5.92 Å². The summed E-state index contributed by atoms with van der Waals surface area (Å²) in [5.41, 5.74) is 4.83. The van der Waals surface area contributed by atoms with Gasteiger partial charge in [0.2, 0.25) is 10.0 Å². The first-order valence-electron chi connectivity index (χ1n) is 13.3. The lowest BCUT2D eigenvalue weighted by Gasteiger charge is -2.31. The van der Waals surface area contributed by atoms with Crippen LogP contribution in [0.25, 0.3) is 11.1 Å². The molecule has 0 spiro atoms. The van der Waals surface area contributed by atoms with E-state index in [0.29, 0.717) is 17.0 Å². The zero-order valence-electron chi connectivity index (χ0n) is 22.8. The highest BCUT2D eigenvalue weighted by Gasteiger charge is 2.29. The highest BCUT2D eigenvalue weighted by Crippen LogP contribution is 2.32. The maximum Gasteiger partial charge on any atom is 0.307 e. The smallest absolute Gasteiger partial charge is 0.307 e. The minimum absolute atomic E-state index is 0.0333. The fourth-order valence-corrected chi connectivity index (χ4v) is 6.70. The number of aliphatic carboxylic acids is 1. The largest absolute Gasteiger partial charge is 0.481 e. The number of sulfonamides is 1. The van der Waals surface area contributed by atoms with Crippen molar-refractivity contribution in [2.45, 2.75) is 56.1 Å². The van der Waals surface area contributed by atoms with E-state index in [9.17, 15) is 18.3 Å². The van der Waals surface area contributed by atoms with Crippen molar-refractivity contribution in [2.75, 3.05) is 20.1 Å². The first kappa shape index (κ1) is 29.0. The van der Waals surface area contributed by atoms with Gasteiger partial charge in [0, 0.05) is 25.7 Å². The molecule has 1 aliphatic carbocycles.